The monoisotopic (exact) mass is 390 g/mol. The average Bonchev–Trinajstić information content (AvgIpc) is 2.88. The first-order valence-corrected chi connectivity index (χ1v) is 9.41. The zero-order valence-electron chi connectivity index (χ0n) is 17.5. The summed E-state index contributed by atoms with van der Waals surface area (Å²) in [7, 11) is 0. The van der Waals surface area contributed by atoms with Gasteiger partial charge in [-0.15, -0.1) is 0 Å². The maximum absolute atomic E-state index is 12.9. The number of carboxylic acid groups (broad SMARTS) is 1. The zero-order valence-corrected chi connectivity index (χ0v) is 17.5. The first kappa shape index (κ1) is 21.7. The Morgan fingerprint density at radius 3 is 2.29 bits per heavy atom. The van der Waals surface area contributed by atoms with Crippen LogP contribution in [0.25, 0.3) is 0 Å². The van der Waals surface area contributed by atoms with Gasteiger partial charge in [-0.25, -0.2) is 4.79 Å². The molecule has 1 heterocycles. The van der Waals surface area contributed by atoms with Crippen molar-refractivity contribution in [2.24, 2.45) is 5.41 Å². The SMILES string of the molecule is CC(C)(C)OC(=O)N1c2ccccc2C[C@@H]1CN(CC(=O)O)C(=O)C(C)(C)C. The number of anilines is 1. The number of para-hydroxylation sites is 1. The zero-order chi connectivity index (χ0) is 21.3. The van der Waals surface area contributed by atoms with Crippen LogP contribution < -0.4 is 4.90 Å². The summed E-state index contributed by atoms with van der Waals surface area (Å²) in [6, 6.07) is 7.11. The number of rotatable bonds is 4. The van der Waals surface area contributed by atoms with E-state index in [0.29, 0.717) is 6.42 Å². The Kier molecular flexibility index (Phi) is 6.06. The predicted molar refractivity (Wildman–Crippen MR) is 106 cm³/mol. The van der Waals surface area contributed by atoms with E-state index < -0.39 is 35.7 Å². The molecule has 1 aliphatic rings. The Labute approximate surface area is 166 Å². The van der Waals surface area contributed by atoms with Gasteiger partial charge in [0.05, 0.1) is 11.7 Å². The highest BCUT2D eigenvalue weighted by atomic mass is 16.6. The molecule has 28 heavy (non-hydrogen) atoms. The summed E-state index contributed by atoms with van der Waals surface area (Å²) in [6.07, 6.45) is 0.0316. The summed E-state index contributed by atoms with van der Waals surface area (Å²) in [4.78, 5) is 39.9. The summed E-state index contributed by atoms with van der Waals surface area (Å²) in [5, 5.41) is 9.27. The van der Waals surface area contributed by atoms with Gasteiger partial charge in [0, 0.05) is 12.0 Å². The van der Waals surface area contributed by atoms with Crippen molar-refractivity contribution in [2.75, 3.05) is 18.0 Å². The van der Waals surface area contributed by atoms with E-state index in [1.165, 1.54) is 4.90 Å². The van der Waals surface area contributed by atoms with Crippen molar-refractivity contribution in [3.05, 3.63) is 29.8 Å². The quantitative estimate of drug-likeness (QED) is 0.852. The fourth-order valence-electron chi connectivity index (χ4n) is 3.28. The number of hydrogen-bond donors (Lipinski definition) is 1. The molecule has 0 radical (unpaired) electrons. The van der Waals surface area contributed by atoms with E-state index in [1.807, 2.05) is 24.3 Å². The first-order chi connectivity index (χ1) is 12.8. The van der Waals surface area contributed by atoms with Gasteiger partial charge in [-0.3, -0.25) is 14.5 Å². The highest BCUT2D eigenvalue weighted by molar-refractivity contribution is 5.92. The number of nitrogens with zero attached hydrogens (tertiary/aromatic N) is 2. The fraction of sp³-hybridized carbons (Fsp3) is 0.571. The van der Waals surface area contributed by atoms with Gasteiger partial charge < -0.3 is 14.7 Å². The van der Waals surface area contributed by atoms with Gasteiger partial charge >= 0.3 is 12.1 Å². The van der Waals surface area contributed by atoms with Crippen molar-refractivity contribution in [3.8, 4) is 0 Å². The summed E-state index contributed by atoms with van der Waals surface area (Å²) < 4.78 is 5.57. The molecule has 1 atom stereocenters. The summed E-state index contributed by atoms with van der Waals surface area (Å²) >= 11 is 0. The third-order valence-corrected chi connectivity index (χ3v) is 4.35. The van der Waals surface area contributed by atoms with Crippen LogP contribution in [0.15, 0.2) is 24.3 Å². The van der Waals surface area contributed by atoms with Crippen molar-refractivity contribution in [3.63, 3.8) is 0 Å². The van der Waals surface area contributed by atoms with Crippen molar-refractivity contribution in [1.82, 2.24) is 4.90 Å². The second-order valence-electron chi connectivity index (χ2n) is 9.17. The van der Waals surface area contributed by atoms with E-state index in [1.54, 1.807) is 46.4 Å². The Hall–Kier alpha value is -2.57. The second-order valence-corrected chi connectivity index (χ2v) is 9.17. The van der Waals surface area contributed by atoms with Gasteiger partial charge in [0.25, 0.3) is 0 Å². The number of amides is 2. The molecule has 1 aliphatic heterocycles. The molecular weight excluding hydrogens is 360 g/mol. The summed E-state index contributed by atoms with van der Waals surface area (Å²) in [5.41, 5.74) is 0.316. The fourth-order valence-corrected chi connectivity index (χ4v) is 3.28. The smallest absolute Gasteiger partial charge is 0.415 e. The number of ether oxygens (including phenoxy) is 1. The number of carbonyl (C=O) groups is 3. The number of fused-ring (bicyclic) bond motifs is 1. The maximum Gasteiger partial charge on any atom is 0.415 e. The van der Waals surface area contributed by atoms with Crippen molar-refractivity contribution >= 4 is 23.7 Å². The average molecular weight is 390 g/mol. The van der Waals surface area contributed by atoms with Crippen LogP contribution >= 0.6 is 0 Å². The second kappa shape index (κ2) is 7.81. The minimum absolute atomic E-state index is 0.121. The van der Waals surface area contributed by atoms with Gasteiger partial charge in [-0.2, -0.15) is 0 Å². The Morgan fingerprint density at radius 2 is 1.75 bits per heavy atom. The highest BCUT2D eigenvalue weighted by Gasteiger charge is 2.39. The molecule has 0 fully saturated rings. The summed E-state index contributed by atoms with van der Waals surface area (Å²) in [6.45, 7) is 10.3. The Morgan fingerprint density at radius 1 is 1.14 bits per heavy atom. The van der Waals surface area contributed by atoms with Crippen molar-refractivity contribution in [1.29, 1.82) is 0 Å². The van der Waals surface area contributed by atoms with E-state index in [-0.39, 0.29) is 12.5 Å². The molecule has 0 saturated heterocycles. The van der Waals surface area contributed by atoms with E-state index >= 15 is 0 Å². The Bertz CT molecular complexity index is 761. The number of aliphatic carboxylic acids is 1. The molecule has 0 spiro atoms. The Balaban J connectivity index is 2.34. The minimum Gasteiger partial charge on any atom is -0.480 e. The van der Waals surface area contributed by atoms with Crippen LogP contribution in [0.3, 0.4) is 0 Å². The molecule has 7 nitrogen and oxygen atoms in total. The van der Waals surface area contributed by atoms with E-state index in [2.05, 4.69) is 0 Å². The maximum atomic E-state index is 12.9. The molecule has 0 aliphatic carbocycles. The topological polar surface area (TPSA) is 87.2 Å². The molecule has 2 rings (SSSR count). The van der Waals surface area contributed by atoms with Crippen LogP contribution in [0.2, 0.25) is 0 Å². The molecular formula is C21H30N2O5. The standard InChI is InChI=1S/C21H30N2O5/c1-20(2,3)18(26)22(13-17(24)25)12-15-11-14-9-7-8-10-16(14)23(15)19(27)28-21(4,5)6/h7-10,15H,11-13H2,1-6H3,(H,24,25)/t15-/m1/s1. The van der Waals surface area contributed by atoms with Crippen molar-refractivity contribution in [2.45, 2.75) is 59.6 Å². The van der Waals surface area contributed by atoms with Gasteiger partial charge in [0.2, 0.25) is 5.91 Å². The molecule has 7 heteroatoms. The minimum atomic E-state index is -1.09. The van der Waals surface area contributed by atoms with Crippen LogP contribution in [0.1, 0.15) is 47.1 Å². The van der Waals surface area contributed by atoms with Crippen LogP contribution in [-0.2, 0) is 20.7 Å². The van der Waals surface area contributed by atoms with E-state index in [9.17, 15) is 19.5 Å². The van der Waals surface area contributed by atoms with Crippen molar-refractivity contribution < 1.29 is 24.2 Å². The molecule has 1 N–H and O–H groups in total. The predicted octanol–water partition coefficient (Wildman–Crippen LogP) is 3.31. The van der Waals surface area contributed by atoms with E-state index in [0.717, 1.165) is 11.3 Å². The molecule has 1 aromatic carbocycles. The number of carboxylic acids is 1. The van der Waals surface area contributed by atoms with Crippen LogP contribution in [-0.4, -0.2) is 52.7 Å². The van der Waals surface area contributed by atoms with Gasteiger partial charge in [-0.1, -0.05) is 39.0 Å². The highest BCUT2D eigenvalue weighted by Crippen LogP contribution is 2.34. The lowest BCUT2D eigenvalue weighted by Gasteiger charge is -2.34. The third-order valence-electron chi connectivity index (χ3n) is 4.35. The molecule has 2 amide bonds. The van der Waals surface area contributed by atoms with Gasteiger partial charge in [-0.05, 0) is 38.8 Å². The van der Waals surface area contributed by atoms with E-state index in [4.69, 9.17) is 4.74 Å². The molecule has 0 saturated carbocycles. The lowest BCUT2D eigenvalue weighted by Crippen LogP contribution is -2.51. The van der Waals surface area contributed by atoms with Gasteiger partial charge in [0.1, 0.15) is 12.1 Å². The molecule has 154 valence electrons. The summed E-state index contributed by atoms with van der Waals surface area (Å²) in [5.74, 6) is -1.35. The van der Waals surface area contributed by atoms with Crippen LogP contribution in [0.4, 0.5) is 10.5 Å². The van der Waals surface area contributed by atoms with Crippen LogP contribution in [0, 0.1) is 5.41 Å². The third kappa shape index (κ3) is 5.24. The lowest BCUT2D eigenvalue weighted by molar-refractivity contribution is -0.148. The number of carbonyl (C=O) groups excluding carboxylic acids is 2. The molecule has 0 unspecified atom stereocenters. The largest absolute Gasteiger partial charge is 0.480 e. The number of hydrogen-bond acceptors (Lipinski definition) is 4. The molecule has 0 aromatic heterocycles. The lowest BCUT2D eigenvalue weighted by atomic mass is 9.94. The molecule has 0 bridgehead atoms. The van der Waals surface area contributed by atoms with Gasteiger partial charge in [0.15, 0.2) is 0 Å². The van der Waals surface area contributed by atoms with Crippen LogP contribution in [0.5, 0.6) is 0 Å². The molecule has 1 aromatic rings. The first-order valence-electron chi connectivity index (χ1n) is 9.41. The normalized spacial score (nSPS) is 16.5. The number of benzene rings is 1.